The number of aryl methyl sites for hydroxylation is 2. The molecule has 3 rings (SSSR count). The molecule has 0 saturated heterocycles. The van der Waals surface area contributed by atoms with Crippen LogP contribution in [-0.2, 0) is 0 Å². The molecule has 1 heteroatoms. The largest absolute Gasteiger partial charge is 0.399 e. The molecule has 94 valence electrons. The Morgan fingerprint density at radius 2 is 1.47 bits per heavy atom. The Morgan fingerprint density at radius 1 is 0.737 bits per heavy atom. The lowest BCUT2D eigenvalue weighted by molar-refractivity contribution is 1.46. The number of benzene rings is 3. The average molecular weight is 247 g/mol. The van der Waals surface area contributed by atoms with Crippen molar-refractivity contribution in [2.75, 3.05) is 5.73 Å². The van der Waals surface area contributed by atoms with Crippen molar-refractivity contribution in [2.24, 2.45) is 0 Å². The summed E-state index contributed by atoms with van der Waals surface area (Å²) in [5.74, 6) is 0. The highest BCUT2D eigenvalue weighted by Gasteiger charge is 2.06. The Balaban J connectivity index is 2.31. The van der Waals surface area contributed by atoms with Gasteiger partial charge >= 0.3 is 0 Å². The van der Waals surface area contributed by atoms with Crippen LogP contribution < -0.4 is 5.73 Å². The molecule has 0 unspecified atom stereocenters. The van der Waals surface area contributed by atoms with E-state index in [0.717, 1.165) is 11.3 Å². The average Bonchev–Trinajstić information content (AvgIpc) is 2.43. The molecule has 0 aliphatic heterocycles. The Morgan fingerprint density at radius 3 is 2.21 bits per heavy atom. The van der Waals surface area contributed by atoms with E-state index in [1.165, 1.54) is 27.5 Å². The molecule has 19 heavy (non-hydrogen) atoms. The molecule has 1 nitrogen and oxygen atoms in total. The molecule has 0 atom stereocenters. The fourth-order valence-electron chi connectivity index (χ4n) is 2.54. The van der Waals surface area contributed by atoms with Crippen LogP contribution in [-0.4, -0.2) is 0 Å². The summed E-state index contributed by atoms with van der Waals surface area (Å²) in [6.07, 6.45) is 0. The van der Waals surface area contributed by atoms with E-state index in [-0.39, 0.29) is 0 Å². The molecule has 0 aromatic heterocycles. The first-order chi connectivity index (χ1) is 9.16. The molecule has 0 saturated carbocycles. The lowest BCUT2D eigenvalue weighted by atomic mass is 9.94. The van der Waals surface area contributed by atoms with Gasteiger partial charge in [0.25, 0.3) is 0 Å². The van der Waals surface area contributed by atoms with Crippen LogP contribution in [0.3, 0.4) is 0 Å². The van der Waals surface area contributed by atoms with Crippen LogP contribution in [0.2, 0.25) is 0 Å². The third kappa shape index (κ3) is 1.97. The molecule has 3 aromatic carbocycles. The van der Waals surface area contributed by atoms with Gasteiger partial charge in [-0.05, 0) is 59.0 Å². The van der Waals surface area contributed by atoms with Gasteiger partial charge < -0.3 is 5.73 Å². The first kappa shape index (κ1) is 11.8. The predicted molar refractivity (Wildman–Crippen MR) is 83.3 cm³/mol. The summed E-state index contributed by atoms with van der Waals surface area (Å²) in [5.41, 5.74) is 11.7. The molecule has 0 radical (unpaired) electrons. The molecule has 2 N–H and O–H groups in total. The Bertz CT molecular complexity index is 757. The van der Waals surface area contributed by atoms with Crippen LogP contribution in [0.25, 0.3) is 21.9 Å². The van der Waals surface area contributed by atoms with Crippen molar-refractivity contribution in [3.63, 3.8) is 0 Å². The van der Waals surface area contributed by atoms with E-state index in [0.29, 0.717) is 0 Å². The predicted octanol–water partition coefficient (Wildman–Crippen LogP) is 4.71. The van der Waals surface area contributed by atoms with E-state index in [2.05, 4.69) is 62.4 Å². The van der Waals surface area contributed by atoms with Crippen LogP contribution in [0.4, 0.5) is 5.69 Å². The molecule has 0 heterocycles. The topological polar surface area (TPSA) is 26.0 Å². The number of nitrogen functional groups attached to an aromatic ring is 1. The first-order valence-corrected chi connectivity index (χ1v) is 6.51. The summed E-state index contributed by atoms with van der Waals surface area (Å²) in [5, 5.41) is 2.61. The molecule has 3 aromatic rings. The monoisotopic (exact) mass is 247 g/mol. The van der Waals surface area contributed by atoms with E-state index >= 15 is 0 Å². The second-order valence-corrected chi connectivity index (χ2v) is 5.05. The second kappa shape index (κ2) is 4.43. The Hall–Kier alpha value is -2.28. The number of rotatable bonds is 1. The lowest BCUT2D eigenvalue weighted by Gasteiger charge is -2.10. The van der Waals surface area contributed by atoms with Crippen molar-refractivity contribution in [1.82, 2.24) is 0 Å². The second-order valence-electron chi connectivity index (χ2n) is 5.05. The first-order valence-electron chi connectivity index (χ1n) is 6.51. The van der Waals surface area contributed by atoms with Crippen LogP contribution in [0.15, 0.2) is 54.6 Å². The van der Waals surface area contributed by atoms with Crippen molar-refractivity contribution in [2.45, 2.75) is 13.8 Å². The van der Waals surface area contributed by atoms with E-state index in [1.54, 1.807) is 0 Å². The smallest absolute Gasteiger partial charge is 0.0344 e. The molecule has 0 aliphatic rings. The van der Waals surface area contributed by atoms with Crippen molar-refractivity contribution < 1.29 is 0 Å². The maximum absolute atomic E-state index is 5.90. The quantitative estimate of drug-likeness (QED) is 0.619. The SMILES string of the molecule is Cc1cc(-c2ccc(C)c3ccccc23)ccc1N. The number of hydrogen-bond acceptors (Lipinski definition) is 1. The summed E-state index contributed by atoms with van der Waals surface area (Å²) in [4.78, 5) is 0. The molecule has 0 bridgehead atoms. The normalized spacial score (nSPS) is 10.8. The van der Waals surface area contributed by atoms with Gasteiger partial charge in [-0.2, -0.15) is 0 Å². The van der Waals surface area contributed by atoms with E-state index in [9.17, 15) is 0 Å². The number of anilines is 1. The van der Waals surface area contributed by atoms with Gasteiger partial charge in [0, 0.05) is 5.69 Å². The van der Waals surface area contributed by atoms with Gasteiger partial charge in [0.1, 0.15) is 0 Å². The van der Waals surface area contributed by atoms with Crippen LogP contribution in [0.5, 0.6) is 0 Å². The van der Waals surface area contributed by atoms with Gasteiger partial charge in [-0.1, -0.05) is 42.5 Å². The van der Waals surface area contributed by atoms with Gasteiger partial charge in [-0.25, -0.2) is 0 Å². The molecule has 0 spiro atoms. The molecular formula is C18H17N. The molecule has 0 fully saturated rings. The lowest BCUT2D eigenvalue weighted by Crippen LogP contribution is -1.90. The minimum absolute atomic E-state index is 0.847. The number of fused-ring (bicyclic) bond motifs is 1. The highest BCUT2D eigenvalue weighted by Crippen LogP contribution is 2.31. The standard InChI is InChI=1S/C18H17N/c1-12-7-9-16(17-6-4-3-5-15(12)17)14-8-10-18(19)13(2)11-14/h3-11H,19H2,1-2H3. The summed E-state index contributed by atoms with van der Waals surface area (Å²) in [7, 11) is 0. The number of hydrogen-bond donors (Lipinski definition) is 1. The van der Waals surface area contributed by atoms with Gasteiger partial charge in [0.05, 0.1) is 0 Å². The zero-order valence-electron chi connectivity index (χ0n) is 11.3. The van der Waals surface area contributed by atoms with Crippen molar-refractivity contribution in [1.29, 1.82) is 0 Å². The third-order valence-electron chi connectivity index (χ3n) is 3.72. The zero-order chi connectivity index (χ0) is 13.4. The van der Waals surface area contributed by atoms with E-state index in [4.69, 9.17) is 5.73 Å². The van der Waals surface area contributed by atoms with Gasteiger partial charge in [0.15, 0.2) is 0 Å². The van der Waals surface area contributed by atoms with E-state index in [1.807, 2.05) is 6.07 Å². The molecule has 0 aliphatic carbocycles. The summed E-state index contributed by atoms with van der Waals surface area (Å²) in [6.45, 7) is 4.20. The third-order valence-corrected chi connectivity index (χ3v) is 3.72. The molecular weight excluding hydrogens is 230 g/mol. The van der Waals surface area contributed by atoms with Gasteiger partial charge in [0.2, 0.25) is 0 Å². The fourth-order valence-corrected chi connectivity index (χ4v) is 2.54. The van der Waals surface area contributed by atoms with Crippen molar-refractivity contribution in [3.8, 4) is 11.1 Å². The Kier molecular flexibility index (Phi) is 2.75. The maximum atomic E-state index is 5.90. The fraction of sp³-hybridized carbons (Fsp3) is 0.111. The summed E-state index contributed by atoms with van der Waals surface area (Å²) >= 11 is 0. The van der Waals surface area contributed by atoms with Gasteiger partial charge in [-0.3, -0.25) is 0 Å². The van der Waals surface area contributed by atoms with Gasteiger partial charge in [-0.15, -0.1) is 0 Å². The number of nitrogens with two attached hydrogens (primary N) is 1. The van der Waals surface area contributed by atoms with Crippen LogP contribution in [0, 0.1) is 13.8 Å². The van der Waals surface area contributed by atoms with Crippen LogP contribution >= 0.6 is 0 Å². The minimum Gasteiger partial charge on any atom is -0.399 e. The maximum Gasteiger partial charge on any atom is 0.0344 e. The highest BCUT2D eigenvalue weighted by atomic mass is 14.5. The van der Waals surface area contributed by atoms with Crippen molar-refractivity contribution in [3.05, 3.63) is 65.7 Å². The summed E-state index contributed by atoms with van der Waals surface area (Å²) in [6, 6.07) is 19.2. The van der Waals surface area contributed by atoms with Crippen molar-refractivity contribution >= 4 is 16.5 Å². The highest BCUT2D eigenvalue weighted by molar-refractivity contribution is 5.98. The van der Waals surface area contributed by atoms with Crippen LogP contribution in [0.1, 0.15) is 11.1 Å². The Labute approximate surface area is 113 Å². The van der Waals surface area contributed by atoms with E-state index < -0.39 is 0 Å². The minimum atomic E-state index is 0.847. The zero-order valence-corrected chi connectivity index (χ0v) is 11.3. The molecule has 0 amide bonds. The summed E-state index contributed by atoms with van der Waals surface area (Å²) < 4.78 is 0.